The standard InChI is InChI=1S/C81H132O43/c1-28-42(87)48(93)55(100)69(111-28)120-63-36(23-84)115-71(60(105)53(63)98)121-62-35(22-83)114-66(58(103)52(62)97)109-26-37-46(91)50(95)57(102)72(117-37)124-75(106)81-18-16-76(3,4)20-31(81)30-10-11-40-78(7)14-13-41(77(5,6)39(78)12-15-80(40,9)79(30,8)17-19-81)118-68-59(104)51(96)61(29(2)112-68)119-73-65(44(89)33(86)24-107-73)123-74-64(43(88)32(85)25-108-74)122-67-54(99)47(92)38(27-110-67)116-70-56(101)49(94)45(90)34(21-82)113-70/h10,28-29,31-74,82-105H,11-27H2,1-9H3. The number of aliphatic hydroxyl groups is 24. The predicted molar refractivity (Wildman–Crippen MR) is 405 cm³/mol. The Morgan fingerprint density at radius 1 is 0.387 bits per heavy atom. The second-order valence-corrected chi connectivity index (χ2v) is 39.0. The van der Waals surface area contributed by atoms with Crippen LogP contribution in [-0.2, 0) is 90.1 Å². The largest absolute Gasteiger partial charge is 0.432 e. The fourth-order valence-corrected chi connectivity index (χ4v) is 22.9. The van der Waals surface area contributed by atoms with Gasteiger partial charge in [-0.3, -0.25) is 4.79 Å². The van der Waals surface area contributed by atoms with E-state index in [0.717, 1.165) is 18.4 Å². The molecule has 13 fully saturated rings. The SMILES string of the molecule is CC1OC(OC2C(CO)OC(OC3C(CO)OC(OCC4OC(OC(=O)C56CCC(C)(C)CC5C5=CCC7C8(C)CCC(OC9OC(C)C(OC%10OCC(O)C(O)C%10OC%10OCC(O)C(O)C%10OC%10OCC(OC%11OC(CO)C(O)C(O)C%11O)C(O)C%10O)C(O)C9O)C(C)(C)C8CCC7(C)C5(C)CC6)C(O)C(O)C4O)C(O)C3O)C(O)C2O)C(O)C(O)C1O. The molecule has 43 nitrogen and oxygen atoms in total. The molecule has 0 aromatic heterocycles. The van der Waals surface area contributed by atoms with Crippen LogP contribution in [0.25, 0.3) is 0 Å². The molecular weight excluding hydrogens is 1660 g/mol. The van der Waals surface area contributed by atoms with Gasteiger partial charge in [0.15, 0.2) is 50.3 Å². The number of carbonyl (C=O) groups excluding carboxylic acids is 1. The van der Waals surface area contributed by atoms with Crippen molar-refractivity contribution < 1.29 is 213 Å². The van der Waals surface area contributed by atoms with Crippen LogP contribution in [0.15, 0.2) is 11.6 Å². The van der Waals surface area contributed by atoms with Gasteiger partial charge in [0, 0.05) is 0 Å². The first-order valence-electron chi connectivity index (χ1n) is 43.3. The molecule has 0 spiro atoms. The molecule has 43 heteroatoms. The van der Waals surface area contributed by atoms with Crippen molar-refractivity contribution in [2.75, 3.05) is 46.2 Å². The molecular formula is C81H132O43. The van der Waals surface area contributed by atoms with Crippen LogP contribution in [0.3, 0.4) is 0 Å². The molecule has 14 aliphatic rings. The summed E-state index contributed by atoms with van der Waals surface area (Å²) in [6.45, 7) is 13.6. The number of hydrogen-bond donors (Lipinski definition) is 24. The molecule has 14 rings (SSSR count). The number of hydrogen-bond acceptors (Lipinski definition) is 43. The zero-order valence-corrected chi connectivity index (χ0v) is 70.6. The van der Waals surface area contributed by atoms with Gasteiger partial charge in [-0.2, -0.15) is 0 Å². The van der Waals surface area contributed by atoms with E-state index in [-0.39, 0.29) is 34.0 Å². The molecule has 0 bridgehead atoms. The van der Waals surface area contributed by atoms with E-state index in [1.807, 2.05) is 0 Å². The lowest BCUT2D eigenvalue weighted by Crippen LogP contribution is -2.66. The molecule has 0 amide bonds. The summed E-state index contributed by atoms with van der Waals surface area (Å²) < 4.78 is 107. The normalized spacial score (nSPS) is 54.7. The van der Waals surface area contributed by atoms with E-state index in [1.165, 1.54) is 6.92 Å². The third-order valence-corrected chi connectivity index (χ3v) is 30.7. The average Bonchev–Trinajstić information content (AvgIpc) is 0.673. The smallest absolute Gasteiger partial charge is 0.315 e. The first kappa shape index (κ1) is 97.6. The van der Waals surface area contributed by atoms with E-state index >= 15 is 4.79 Å². The van der Waals surface area contributed by atoms with Crippen LogP contribution in [0, 0.1) is 50.2 Å². The summed E-state index contributed by atoms with van der Waals surface area (Å²) in [5, 5.41) is 263. The highest BCUT2D eigenvalue weighted by atomic mass is 16.8. The Labute approximate surface area is 714 Å². The zero-order valence-electron chi connectivity index (χ0n) is 70.6. The highest BCUT2D eigenvalue weighted by molar-refractivity contribution is 5.79. The van der Waals surface area contributed by atoms with Crippen LogP contribution in [0.5, 0.6) is 0 Å². The van der Waals surface area contributed by atoms with Gasteiger partial charge in [0.05, 0.1) is 70.0 Å². The molecule has 4 saturated carbocycles. The quantitative estimate of drug-likeness (QED) is 0.0272. The third-order valence-electron chi connectivity index (χ3n) is 30.7. The van der Waals surface area contributed by atoms with Crippen molar-refractivity contribution in [1.82, 2.24) is 0 Å². The maximum atomic E-state index is 15.5. The van der Waals surface area contributed by atoms with Gasteiger partial charge < -0.3 is 208 Å². The Morgan fingerprint density at radius 2 is 0.839 bits per heavy atom. The summed E-state index contributed by atoms with van der Waals surface area (Å²) in [6, 6.07) is 0. The second-order valence-electron chi connectivity index (χ2n) is 39.0. The minimum Gasteiger partial charge on any atom is -0.432 e. The Kier molecular flexibility index (Phi) is 29.7. The monoisotopic (exact) mass is 1790 g/mol. The predicted octanol–water partition coefficient (Wildman–Crippen LogP) is -8.94. The van der Waals surface area contributed by atoms with Crippen molar-refractivity contribution in [2.24, 2.45) is 50.2 Å². The number of esters is 1. The highest BCUT2D eigenvalue weighted by Crippen LogP contribution is 2.76. The molecule has 0 aromatic rings. The van der Waals surface area contributed by atoms with Gasteiger partial charge in [-0.1, -0.05) is 60.1 Å². The van der Waals surface area contributed by atoms with E-state index in [9.17, 15) is 123 Å². The first-order valence-corrected chi connectivity index (χ1v) is 43.3. The molecule has 9 aliphatic heterocycles. The lowest BCUT2D eigenvalue weighted by atomic mass is 9.33. The lowest BCUT2D eigenvalue weighted by molar-refractivity contribution is -0.389. The summed E-state index contributed by atoms with van der Waals surface area (Å²) in [5.74, 6) is -0.849. The van der Waals surface area contributed by atoms with Crippen molar-refractivity contribution in [3.8, 4) is 0 Å². The molecule has 0 aromatic carbocycles. The summed E-state index contributed by atoms with van der Waals surface area (Å²) in [7, 11) is 0. The van der Waals surface area contributed by atoms with Gasteiger partial charge in [-0.15, -0.1) is 0 Å². The maximum absolute atomic E-state index is 15.5. The van der Waals surface area contributed by atoms with Gasteiger partial charge >= 0.3 is 5.97 Å². The molecule has 0 radical (unpaired) electrons. The lowest BCUT2D eigenvalue weighted by Gasteiger charge is -2.71. The van der Waals surface area contributed by atoms with E-state index in [2.05, 4.69) is 54.5 Å². The maximum Gasteiger partial charge on any atom is 0.315 e. The molecule has 5 aliphatic carbocycles. The average molecular weight is 1790 g/mol. The molecule has 124 heavy (non-hydrogen) atoms. The highest BCUT2D eigenvalue weighted by Gasteiger charge is 2.71. The minimum absolute atomic E-state index is 0.0501. The van der Waals surface area contributed by atoms with Crippen LogP contribution >= 0.6 is 0 Å². The molecule has 9 saturated heterocycles. The Balaban J connectivity index is 0.593. The van der Waals surface area contributed by atoms with Crippen molar-refractivity contribution in [1.29, 1.82) is 0 Å². The van der Waals surface area contributed by atoms with Crippen LogP contribution in [0.4, 0.5) is 0 Å². The number of fused-ring (bicyclic) bond motifs is 7. The van der Waals surface area contributed by atoms with Gasteiger partial charge in [0.1, 0.15) is 189 Å². The number of aliphatic hydroxyl groups excluding tert-OH is 24. The molecule has 24 N–H and O–H groups in total. The van der Waals surface area contributed by atoms with Crippen molar-refractivity contribution in [3.05, 3.63) is 11.6 Å². The van der Waals surface area contributed by atoms with Crippen molar-refractivity contribution >= 4 is 5.97 Å². The number of ether oxygens (including phenoxy) is 18. The van der Waals surface area contributed by atoms with Crippen LogP contribution in [0.1, 0.15) is 127 Å². The Bertz CT molecular complexity index is 3570. The number of carbonyl (C=O) groups is 1. The van der Waals surface area contributed by atoms with Crippen molar-refractivity contribution in [3.63, 3.8) is 0 Å². The molecule has 50 atom stereocenters. The van der Waals surface area contributed by atoms with Gasteiger partial charge in [0.2, 0.25) is 6.29 Å². The van der Waals surface area contributed by atoms with Gasteiger partial charge in [0.25, 0.3) is 0 Å². The summed E-state index contributed by atoms with van der Waals surface area (Å²) >= 11 is 0. The number of allylic oxidation sites excluding steroid dienone is 2. The number of rotatable bonds is 22. The second kappa shape index (κ2) is 37.8. The van der Waals surface area contributed by atoms with E-state index in [4.69, 9.17) is 85.3 Å². The van der Waals surface area contributed by atoms with Crippen LogP contribution in [0.2, 0.25) is 0 Å². The van der Waals surface area contributed by atoms with Crippen molar-refractivity contribution in [2.45, 2.75) is 391 Å². The fourth-order valence-electron chi connectivity index (χ4n) is 22.9. The third kappa shape index (κ3) is 17.7. The summed E-state index contributed by atoms with van der Waals surface area (Å²) in [5.41, 5.74) is -1.86. The minimum atomic E-state index is -2.04. The van der Waals surface area contributed by atoms with Gasteiger partial charge in [-0.05, 0) is 123 Å². The van der Waals surface area contributed by atoms with Gasteiger partial charge in [-0.25, -0.2) is 0 Å². The Morgan fingerprint density at radius 3 is 1.44 bits per heavy atom. The van der Waals surface area contributed by atoms with E-state index < -0.39 is 333 Å². The zero-order chi connectivity index (χ0) is 90.2. The van der Waals surface area contributed by atoms with E-state index in [0.29, 0.717) is 51.4 Å². The van der Waals surface area contributed by atoms with Crippen LogP contribution in [-0.4, -0.2) is 439 Å². The topological polar surface area (TPSA) is 669 Å². The molecule has 9 heterocycles. The molecule has 714 valence electrons. The summed E-state index contributed by atoms with van der Waals surface area (Å²) in [6.07, 6.45) is -64.7. The molecule has 50 unspecified atom stereocenters. The summed E-state index contributed by atoms with van der Waals surface area (Å²) in [4.78, 5) is 15.5. The van der Waals surface area contributed by atoms with Crippen LogP contribution < -0.4 is 0 Å². The fraction of sp³-hybridized carbons (Fsp3) is 0.963. The first-order chi connectivity index (χ1) is 58.3. The van der Waals surface area contributed by atoms with E-state index in [1.54, 1.807) is 6.92 Å². The Hall–Kier alpha value is -2.43.